The molecule has 2 aliphatic rings. The van der Waals surface area contributed by atoms with Gasteiger partial charge in [0.05, 0.1) is 22.1 Å². The third-order valence-corrected chi connectivity index (χ3v) is 9.83. The van der Waals surface area contributed by atoms with Crippen LogP contribution in [0.4, 0.5) is 0 Å². The van der Waals surface area contributed by atoms with Crippen LogP contribution >= 0.6 is 0 Å². The van der Waals surface area contributed by atoms with E-state index in [4.69, 9.17) is 9.98 Å². The van der Waals surface area contributed by atoms with Crippen LogP contribution in [0.25, 0.3) is 49.3 Å². The van der Waals surface area contributed by atoms with Crippen molar-refractivity contribution < 1.29 is 0 Å². The van der Waals surface area contributed by atoms with Crippen molar-refractivity contribution in [2.75, 3.05) is 0 Å². The predicted molar refractivity (Wildman–Crippen MR) is 206 cm³/mol. The zero-order chi connectivity index (χ0) is 33.0. The summed E-state index contributed by atoms with van der Waals surface area (Å²) in [6.07, 6.45) is 6.06. The van der Waals surface area contributed by atoms with Gasteiger partial charge in [0.1, 0.15) is 18.2 Å². The lowest BCUT2D eigenvalue weighted by Crippen LogP contribution is -2.34. The molecule has 2 atom stereocenters. The third kappa shape index (κ3) is 4.49. The Labute approximate surface area is 289 Å². The lowest BCUT2D eigenvalue weighted by atomic mass is 10.1. The largest absolute Gasteiger partial charge is 0.367 e. The van der Waals surface area contributed by atoms with Crippen LogP contribution < -0.4 is 10.6 Å². The molecule has 0 saturated heterocycles. The first-order valence-corrected chi connectivity index (χ1v) is 17.0. The quantitative estimate of drug-likeness (QED) is 0.196. The van der Waals surface area contributed by atoms with Crippen LogP contribution in [0.1, 0.15) is 23.5 Å². The molecule has 238 valence electrons. The maximum atomic E-state index is 5.10. The van der Waals surface area contributed by atoms with Crippen LogP contribution in [0.2, 0.25) is 0 Å². The molecule has 6 aromatic carbocycles. The smallest absolute Gasteiger partial charge is 0.160 e. The Morgan fingerprint density at radius 3 is 1.90 bits per heavy atom. The number of dihydropyridines is 1. The molecule has 0 fully saturated rings. The molecule has 10 rings (SSSR count). The molecule has 0 aliphatic carbocycles. The molecular weight excluding hydrogens is 613 g/mol. The molecule has 6 heteroatoms. The number of hydrogen-bond acceptors (Lipinski definition) is 4. The van der Waals surface area contributed by atoms with Gasteiger partial charge in [0.25, 0.3) is 0 Å². The summed E-state index contributed by atoms with van der Waals surface area (Å²) in [6, 6.07) is 53.3. The van der Waals surface area contributed by atoms with Gasteiger partial charge in [-0.2, -0.15) is 0 Å². The molecule has 2 aromatic heterocycles. The van der Waals surface area contributed by atoms with Gasteiger partial charge in [-0.1, -0.05) is 127 Å². The lowest BCUT2D eigenvalue weighted by molar-refractivity contribution is 0.576. The van der Waals surface area contributed by atoms with E-state index in [2.05, 4.69) is 153 Å². The number of amidine groups is 2. The van der Waals surface area contributed by atoms with E-state index in [9.17, 15) is 0 Å². The fraction of sp³-hybridized carbons (Fsp3) is 0.0455. The SMILES string of the molecule is C1=CC(n2c3ccccc3c3ccc4c5ccccc5n(-c5ccccc5)c4c32)NC=C1C1=NC(c2ccccc2)NC(c2ccccc2)=N1. The predicted octanol–water partition coefficient (Wildman–Crippen LogP) is 9.58. The summed E-state index contributed by atoms with van der Waals surface area (Å²) in [6.45, 7) is 0. The van der Waals surface area contributed by atoms with Gasteiger partial charge in [0.15, 0.2) is 5.84 Å². The van der Waals surface area contributed by atoms with Crippen LogP contribution in [0, 0.1) is 0 Å². The number of para-hydroxylation sites is 3. The van der Waals surface area contributed by atoms with E-state index in [1.807, 2.05) is 36.4 Å². The minimum atomic E-state index is -0.253. The fourth-order valence-corrected chi connectivity index (χ4v) is 7.57. The number of benzene rings is 6. The molecule has 2 unspecified atom stereocenters. The summed E-state index contributed by atoms with van der Waals surface area (Å²) in [5, 5.41) is 12.2. The summed E-state index contributed by atoms with van der Waals surface area (Å²) in [5.74, 6) is 1.49. The molecule has 50 heavy (non-hydrogen) atoms. The zero-order valence-corrected chi connectivity index (χ0v) is 27.1. The molecule has 0 bridgehead atoms. The van der Waals surface area contributed by atoms with E-state index in [0.29, 0.717) is 5.84 Å². The Hall–Kier alpha value is -6.66. The molecule has 0 radical (unpaired) electrons. The summed E-state index contributed by atoms with van der Waals surface area (Å²) < 4.78 is 4.87. The van der Waals surface area contributed by atoms with E-state index in [1.165, 1.54) is 43.6 Å². The molecule has 0 saturated carbocycles. The van der Waals surface area contributed by atoms with Crippen LogP contribution in [0.5, 0.6) is 0 Å². The van der Waals surface area contributed by atoms with Crippen LogP contribution in [-0.4, -0.2) is 20.8 Å². The highest BCUT2D eigenvalue weighted by atomic mass is 15.2. The summed E-state index contributed by atoms with van der Waals surface area (Å²) in [5.41, 5.74) is 8.93. The van der Waals surface area contributed by atoms with Crippen molar-refractivity contribution >= 4 is 55.3 Å². The topological polar surface area (TPSA) is 58.6 Å². The van der Waals surface area contributed by atoms with Gasteiger partial charge >= 0.3 is 0 Å². The van der Waals surface area contributed by atoms with Gasteiger partial charge in [-0.05, 0) is 42.0 Å². The summed E-state index contributed by atoms with van der Waals surface area (Å²) in [4.78, 5) is 10.1. The number of aromatic nitrogens is 2. The Morgan fingerprint density at radius 1 is 0.560 bits per heavy atom. The molecule has 4 heterocycles. The van der Waals surface area contributed by atoms with Crippen molar-refractivity contribution in [3.05, 3.63) is 187 Å². The second-order valence-electron chi connectivity index (χ2n) is 12.7. The zero-order valence-electron chi connectivity index (χ0n) is 27.1. The molecule has 0 spiro atoms. The summed E-state index contributed by atoms with van der Waals surface area (Å²) >= 11 is 0. The molecule has 2 aliphatic heterocycles. The Morgan fingerprint density at radius 2 is 1.18 bits per heavy atom. The average molecular weight is 645 g/mol. The van der Waals surface area contributed by atoms with E-state index in [0.717, 1.165) is 28.2 Å². The monoisotopic (exact) mass is 644 g/mol. The van der Waals surface area contributed by atoms with Gasteiger partial charge < -0.3 is 19.8 Å². The van der Waals surface area contributed by atoms with E-state index in [-0.39, 0.29) is 12.3 Å². The van der Waals surface area contributed by atoms with E-state index >= 15 is 0 Å². The van der Waals surface area contributed by atoms with Crippen molar-refractivity contribution in [3.63, 3.8) is 0 Å². The first-order chi connectivity index (χ1) is 24.8. The van der Waals surface area contributed by atoms with Crippen LogP contribution in [0.3, 0.4) is 0 Å². The molecule has 2 N–H and O–H groups in total. The Balaban J connectivity index is 1.13. The summed E-state index contributed by atoms with van der Waals surface area (Å²) in [7, 11) is 0. The van der Waals surface area contributed by atoms with Crippen LogP contribution in [0.15, 0.2) is 186 Å². The minimum absolute atomic E-state index is 0.140. The van der Waals surface area contributed by atoms with Crippen molar-refractivity contribution in [1.29, 1.82) is 0 Å². The van der Waals surface area contributed by atoms with Crippen LogP contribution in [-0.2, 0) is 0 Å². The number of nitrogens with one attached hydrogen (secondary N) is 2. The number of fused-ring (bicyclic) bond motifs is 7. The maximum absolute atomic E-state index is 5.10. The van der Waals surface area contributed by atoms with Gasteiger partial charge in [0, 0.05) is 44.6 Å². The van der Waals surface area contributed by atoms with Crippen molar-refractivity contribution in [3.8, 4) is 5.69 Å². The third-order valence-electron chi connectivity index (χ3n) is 9.83. The van der Waals surface area contributed by atoms with Crippen molar-refractivity contribution in [2.45, 2.75) is 12.3 Å². The fourth-order valence-electron chi connectivity index (χ4n) is 7.57. The standard InChI is InChI=1S/C44H32N6/c1-4-14-29(15-5-1)42-46-43(30-16-6-2-7-17-30)48-44(47-42)31-24-27-39(45-28-31)50-38-23-13-11-21-34(38)36-26-25-35-33-20-10-12-22-37(33)49(40(35)41(36)50)32-18-8-3-9-19-32/h1-28,39,42,45H,(H,46,47,48). The number of aliphatic imine (C=N–C) groups is 2. The molecule has 8 aromatic rings. The van der Waals surface area contributed by atoms with Gasteiger partial charge in [0.2, 0.25) is 0 Å². The first-order valence-electron chi connectivity index (χ1n) is 17.0. The van der Waals surface area contributed by atoms with Crippen molar-refractivity contribution in [1.82, 2.24) is 19.8 Å². The highest BCUT2D eigenvalue weighted by Gasteiger charge is 2.26. The van der Waals surface area contributed by atoms with Gasteiger partial charge in [-0.3, -0.25) is 0 Å². The number of hydrogen-bond donors (Lipinski definition) is 2. The molecule has 0 amide bonds. The number of rotatable bonds is 5. The van der Waals surface area contributed by atoms with Crippen molar-refractivity contribution in [2.24, 2.45) is 9.98 Å². The maximum Gasteiger partial charge on any atom is 0.160 e. The lowest BCUT2D eigenvalue weighted by Gasteiger charge is -2.26. The molecular formula is C44H32N6. The van der Waals surface area contributed by atoms with E-state index in [1.54, 1.807) is 0 Å². The minimum Gasteiger partial charge on any atom is -0.367 e. The van der Waals surface area contributed by atoms with Gasteiger partial charge in [-0.25, -0.2) is 9.98 Å². The molecule has 6 nitrogen and oxygen atoms in total. The normalized spacial score (nSPS) is 17.4. The Bertz CT molecular complexity index is 2700. The number of nitrogens with zero attached hydrogens (tertiary/aromatic N) is 4. The highest BCUT2D eigenvalue weighted by Crippen LogP contribution is 2.41. The highest BCUT2D eigenvalue weighted by molar-refractivity contribution is 6.23. The average Bonchev–Trinajstić information content (AvgIpc) is 3.72. The second-order valence-corrected chi connectivity index (χ2v) is 12.7. The van der Waals surface area contributed by atoms with Gasteiger partial charge in [-0.15, -0.1) is 0 Å². The van der Waals surface area contributed by atoms with E-state index < -0.39 is 0 Å². The Kier molecular flexibility index (Phi) is 6.52. The first kappa shape index (κ1) is 28.4. The second kappa shape index (κ2) is 11.5.